The van der Waals surface area contributed by atoms with Crippen LogP contribution in [0.5, 0.6) is 0 Å². The van der Waals surface area contributed by atoms with E-state index in [2.05, 4.69) is 32.5 Å². The number of rotatable bonds is 4. The van der Waals surface area contributed by atoms with Gasteiger partial charge in [-0.05, 0) is 40.3 Å². The highest BCUT2D eigenvalue weighted by Crippen LogP contribution is 2.21. The number of likely N-dealkylation sites (tertiary alicyclic amines) is 1. The number of hydrogen-bond donors (Lipinski definition) is 2. The molecule has 18 heavy (non-hydrogen) atoms. The summed E-state index contributed by atoms with van der Waals surface area (Å²) in [6, 6.07) is 0.623. The second-order valence-corrected chi connectivity index (χ2v) is 5.00. The molecule has 100 valence electrons. The lowest BCUT2D eigenvalue weighted by Crippen LogP contribution is -2.32. The van der Waals surface area contributed by atoms with Crippen LogP contribution in [0.25, 0.3) is 0 Å². The van der Waals surface area contributed by atoms with Crippen molar-refractivity contribution in [1.82, 2.24) is 14.9 Å². The quantitative estimate of drug-likeness (QED) is 0.849. The largest absolute Gasteiger partial charge is 0.373 e. The predicted molar refractivity (Wildman–Crippen MR) is 75.2 cm³/mol. The number of aryl methyl sites for hydroxylation is 1. The third-order valence-electron chi connectivity index (χ3n) is 3.67. The molecule has 0 bridgehead atoms. The molecule has 1 aromatic heterocycles. The van der Waals surface area contributed by atoms with Gasteiger partial charge in [0, 0.05) is 25.2 Å². The minimum atomic E-state index is 0.623. The van der Waals surface area contributed by atoms with E-state index in [-0.39, 0.29) is 0 Å². The van der Waals surface area contributed by atoms with Crippen molar-refractivity contribution in [2.75, 3.05) is 37.8 Å². The molecule has 0 amide bonds. The number of anilines is 2. The summed E-state index contributed by atoms with van der Waals surface area (Å²) >= 11 is 0. The van der Waals surface area contributed by atoms with Crippen molar-refractivity contribution >= 4 is 11.6 Å². The molecular formula is C13H23N5. The first-order chi connectivity index (χ1) is 8.61. The molecule has 1 aliphatic rings. The zero-order chi connectivity index (χ0) is 13.1. The summed E-state index contributed by atoms with van der Waals surface area (Å²) in [4.78, 5) is 11.3. The molecule has 1 unspecified atom stereocenters. The topological polar surface area (TPSA) is 53.1 Å². The maximum Gasteiger partial charge on any atom is 0.134 e. The van der Waals surface area contributed by atoms with Crippen LogP contribution in [0.2, 0.25) is 0 Å². The van der Waals surface area contributed by atoms with E-state index in [1.807, 2.05) is 20.9 Å². The fourth-order valence-corrected chi connectivity index (χ4v) is 2.50. The molecule has 0 spiro atoms. The molecule has 5 nitrogen and oxygen atoms in total. The Hall–Kier alpha value is -1.36. The van der Waals surface area contributed by atoms with E-state index in [1.54, 1.807) is 0 Å². The molecular weight excluding hydrogens is 226 g/mol. The monoisotopic (exact) mass is 249 g/mol. The number of likely N-dealkylation sites (N-methyl/N-ethyl adjacent to an activating group) is 1. The second-order valence-electron chi connectivity index (χ2n) is 5.00. The standard InChI is InChI=1S/C13H23N5/c1-9-12(14-3)16-10(2)17-13(9)15-8-11-6-5-7-18(11)4/h11H,5-8H2,1-4H3,(H2,14,15,16,17). The summed E-state index contributed by atoms with van der Waals surface area (Å²) in [7, 11) is 4.08. The Kier molecular flexibility index (Phi) is 4.01. The fraction of sp³-hybridized carbons (Fsp3) is 0.692. The number of hydrogen-bond acceptors (Lipinski definition) is 5. The predicted octanol–water partition coefficient (Wildman–Crippen LogP) is 1.64. The van der Waals surface area contributed by atoms with Gasteiger partial charge in [-0.15, -0.1) is 0 Å². The smallest absolute Gasteiger partial charge is 0.134 e. The Morgan fingerprint density at radius 2 is 2.00 bits per heavy atom. The molecule has 1 aromatic rings. The first kappa shape index (κ1) is 13.1. The van der Waals surface area contributed by atoms with Gasteiger partial charge in [-0.25, -0.2) is 9.97 Å². The first-order valence-electron chi connectivity index (χ1n) is 6.59. The van der Waals surface area contributed by atoms with Crippen molar-refractivity contribution in [3.8, 4) is 0 Å². The van der Waals surface area contributed by atoms with Crippen molar-refractivity contribution in [3.05, 3.63) is 11.4 Å². The van der Waals surface area contributed by atoms with E-state index >= 15 is 0 Å². The molecule has 0 saturated carbocycles. The second kappa shape index (κ2) is 5.52. The lowest BCUT2D eigenvalue weighted by molar-refractivity contribution is 0.322. The summed E-state index contributed by atoms with van der Waals surface area (Å²) in [6.07, 6.45) is 2.57. The molecule has 0 aromatic carbocycles. The maximum atomic E-state index is 4.49. The van der Waals surface area contributed by atoms with E-state index < -0.39 is 0 Å². The van der Waals surface area contributed by atoms with E-state index in [1.165, 1.54) is 19.4 Å². The highest BCUT2D eigenvalue weighted by molar-refractivity contribution is 5.56. The van der Waals surface area contributed by atoms with Gasteiger partial charge in [-0.1, -0.05) is 0 Å². The van der Waals surface area contributed by atoms with Crippen LogP contribution in [0.3, 0.4) is 0 Å². The number of aromatic nitrogens is 2. The Labute approximate surface area is 109 Å². The SMILES string of the molecule is CNc1nc(C)nc(NCC2CCCN2C)c1C. The summed E-state index contributed by atoms with van der Waals surface area (Å²) in [6.45, 7) is 6.13. The Morgan fingerprint density at radius 3 is 2.61 bits per heavy atom. The molecule has 0 radical (unpaired) electrons. The van der Waals surface area contributed by atoms with Crippen LogP contribution < -0.4 is 10.6 Å². The van der Waals surface area contributed by atoms with Crippen molar-refractivity contribution in [2.45, 2.75) is 32.7 Å². The van der Waals surface area contributed by atoms with Gasteiger partial charge in [-0.3, -0.25) is 0 Å². The van der Waals surface area contributed by atoms with Gasteiger partial charge in [0.1, 0.15) is 17.5 Å². The molecule has 1 fully saturated rings. The fourth-order valence-electron chi connectivity index (χ4n) is 2.50. The molecule has 5 heteroatoms. The molecule has 0 aliphatic carbocycles. The maximum absolute atomic E-state index is 4.49. The van der Waals surface area contributed by atoms with Crippen molar-refractivity contribution < 1.29 is 0 Å². The number of nitrogens with zero attached hydrogens (tertiary/aromatic N) is 3. The minimum absolute atomic E-state index is 0.623. The van der Waals surface area contributed by atoms with Gasteiger partial charge in [0.15, 0.2) is 0 Å². The normalized spacial score (nSPS) is 20.1. The zero-order valence-corrected chi connectivity index (χ0v) is 11.7. The highest BCUT2D eigenvalue weighted by atomic mass is 15.2. The molecule has 1 atom stereocenters. The van der Waals surface area contributed by atoms with Gasteiger partial charge in [-0.2, -0.15) is 0 Å². The minimum Gasteiger partial charge on any atom is -0.373 e. The summed E-state index contributed by atoms with van der Waals surface area (Å²) < 4.78 is 0. The first-order valence-corrected chi connectivity index (χ1v) is 6.59. The van der Waals surface area contributed by atoms with Crippen molar-refractivity contribution in [2.24, 2.45) is 0 Å². The van der Waals surface area contributed by atoms with Crippen molar-refractivity contribution in [1.29, 1.82) is 0 Å². The molecule has 2 heterocycles. The van der Waals surface area contributed by atoms with Crippen LogP contribution in [-0.4, -0.2) is 48.1 Å². The van der Waals surface area contributed by atoms with Crippen LogP contribution in [0, 0.1) is 13.8 Å². The van der Waals surface area contributed by atoms with E-state index in [9.17, 15) is 0 Å². The van der Waals surface area contributed by atoms with Crippen molar-refractivity contribution in [3.63, 3.8) is 0 Å². The van der Waals surface area contributed by atoms with Gasteiger partial charge >= 0.3 is 0 Å². The van der Waals surface area contributed by atoms with Gasteiger partial charge in [0.25, 0.3) is 0 Å². The van der Waals surface area contributed by atoms with Gasteiger partial charge in [0.05, 0.1) is 0 Å². The molecule has 1 aliphatic heterocycles. The third-order valence-corrected chi connectivity index (χ3v) is 3.67. The summed E-state index contributed by atoms with van der Waals surface area (Å²) in [5.74, 6) is 2.66. The molecule has 2 rings (SSSR count). The third kappa shape index (κ3) is 2.72. The number of nitrogens with one attached hydrogen (secondary N) is 2. The Bertz CT molecular complexity index is 418. The average Bonchev–Trinajstić information content (AvgIpc) is 2.75. The molecule has 1 saturated heterocycles. The lowest BCUT2D eigenvalue weighted by atomic mass is 10.2. The lowest BCUT2D eigenvalue weighted by Gasteiger charge is -2.21. The van der Waals surface area contributed by atoms with Gasteiger partial charge < -0.3 is 15.5 Å². The van der Waals surface area contributed by atoms with Gasteiger partial charge in [0.2, 0.25) is 0 Å². The van der Waals surface area contributed by atoms with Crippen LogP contribution in [0.1, 0.15) is 24.2 Å². The zero-order valence-electron chi connectivity index (χ0n) is 11.7. The van der Waals surface area contributed by atoms with E-state index in [0.717, 1.165) is 29.6 Å². The van der Waals surface area contributed by atoms with Crippen LogP contribution >= 0.6 is 0 Å². The van der Waals surface area contributed by atoms with Crippen LogP contribution in [-0.2, 0) is 0 Å². The summed E-state index contributed by atoms with van der Waals surface area (Å²) in [5.41, 5.74) is 1.09. The molecule has 2 N–H and O–H groups in total. The van der Waals surface area contributed by atoms with E-state index in [4.69, 9.17) is 0 Å². The van der Waals surface area contributed by atoms with E-state index in [0.29, 0.717) is 6.04 Å². The highest BCUT2D eigenvalue weighted by Gasteiger charge is 2.20. The van der Waals surface area contributed by atoms with Crippen LogP contribution in [0.15, 0.2) is 0 Å². The Morgan fingerprint density at radius 1 is 1.28 bits per heavy atom. The average molecular weight is 249 g/mol. The van der Waals surface area contributed by atoms with Crippen LogP contribution in [0.4, 0.5) is 11.6 Å². The Balaban J connectivity index is 2.06. The summed E-state index contributed by atoms with van der Waals surface area (Å²) in [5, 5.41) is 6.58.